The summed E-state index contributed by atoms with van der Waals surface area (Å²) in [5.74, 6) is 0.260. The van der Waals surface area contributed by atoms with Crippen LogP contribution in [-0.4, -0.2) is 21.2 Å². The summed E-state index contributed by atoms with van der Waals surface area (Å²) in [5.41, 5.74) is 1.31. The topological polar surface area (TPSA) is 105 Å². The Balaban J connectivity index is 1.79. The van der Waals surface area contributed by atoms with Crippen molar-refractivity contribution in [3.63, 3.8) is 0 Å². The molecule has 0 atom stereocenters. The smallest absolute Gasteiger partial charge is 0.338 e. The fourth-order valence-corrected chi connectivity index (χ4v) is 3.16. The van der Waals surface area contributed by atoms with Crippen molar-refractivity contribution < 1.29 is 27.4 Å². The van der Waals surface area contributed by atoms with Gasteiger partial charge in [-0.1, -0.05) is 17.7 Å². The number of carbonyl (C=O) groups excluding carboxylic acids is 1. The van der Waals surface area contributed by atoms with Crippen molar-refractivity contribution in [1.29, 1.82) is 0 Å². The number of benzene rings is 2. The second-order valence-corrected chi connectivity index (χ2v) is 7.38. The molecule has 2 aromatic carbocycles. The van der Waals surface area contributed by atoms with Gasteiger partial charge in [0.1, 0.15) is 6.61 Å². The van der Waals surface area contributed by atoms with Gasteiger partial charge in [0, 0.05) is 0 Å². The van der Waals surface area contributed by atoms with E-state index >= 15 is 0 Å². The van der Waals surface area contributed by atoms with E-state index in [4.69, 9.17) is 31.0 Å². The Hall–Kier alpha value is -2.29. The van der Waals surface area contributed by atoms with Crippen LogP contribution in [0.4, 0.5) is 0 Å². The number of esters is 1. The van der Waals surface area contributed by atoms with E-state index in [1.54, 1.807) is 19.1 Å². The van der Waals surface area contributed by atoms with Gasteiger partial charge in [-0.15, -0.1) is 0 Å². The number of sulfonamides is 1. The van der Waals surface area contributed by atoms with E-state index in [2.05, 4.69) is 0 Å². The van der Waals surface area contributed by atoms with E-state index in [0.29, 0.717) is 27.6 Å². The van der Waals surface area contributed by atoms with Crippen molar-refractivity contribution in [2.75, 3.05) is 6.79 Å². The summed E-state index contributed by atoms with van der Waals surface area (Å²) in [4.78, 5) is 12.1. The number of ether oxygens (including phenoxy) is 3. The number of aryl methyl sites for hydroxylation is 1. The number of halogens is 1. The number of carbonyl (C=O) groups is 1. The van der Waals surface area contributed by atoms with Crippen LogP contribution in [0, 0.1) is 6.92 Å². The molecule has 0 saturated heterocycles. The molecule has 3 rings (SSSR count). The third-order valence-electron chi connectivity index (χ3n) is 3.61. The van der Waals surface area contributed by atoms with Gasteiger partial charge in [0.25, 0.3) is 0 Å². The first kappa shape index (κ1) is 17.5. The molecule has 0 saturated carbocycles. The highest BCUT2D eigenvalue weighted by Gasteiger charge is 2.20. The molecule has 132 valence electrons. The highest BCUT2D eigenvalue weighted by molar-refractivity contribution is 7.89. The molecule has 0 radical (unpaired) electrons. The molecule has 1 heterocycles. The zero-order valence-electron chi connectivity index (χ0n) is 13.1. The zero-order valence-corrected chi connectivity index (χ0v) is 14.7. The summed E-state index contributed by atoms with van der Waals surface area (Å²) in [6, 6.07) is 7.29. The van der Waals surface area contributed by atoms with Crippen LogP contribution in [0.1, 0.15) is 21.5 Å². The molecule has 0 aliphatic carbocycles. The number of primary sulfonamides is 1. The molecule has 0 bridgehead atoms. The van der Waals surface area contributed by atoms with Crippen molar-refractivity contribution in [3.05, 3.63) is 52.0 Å². The predicted octanol–water partition coefficient (Wildman–Crippen LogP) is 2.38. The maximum atomic E-state index is 12.3. The number of hydrogen-bond acceptors (Lipinski definition) is 6. The number of rotatable bonds is 4. The Morgan fingerprint density at radius 2 is 2.04 bits per heavy atom. The number of nitrogens with two attached hydrogens (primary N) is 1. The molecule has 9 heteroatoms. The Morgan fingerprint density at radius 1 is 1.28 bits per heavy atom. The molecule has 25 heavy (non-hydrogen) atoms. The lowest BCUT2D eigenvalue weighted by atomic mass is 10.1. The van der Waals surface area contributed by atoms with Gasteiger partial charge < -0.3 is 14.2 Å². The standard InChI is InChI=1S/C16H14ClNO6S/c1-9-2-3-11(25(18,20)21)6-12(9)16(19)22-7-10-4-13(17)15-14(5-10)23-8-24-15/h2-6H,7-8H2,1H3,(H2,18,20,21). The third-order valence-corrected chi connectivity index (χ3v) is 4.81. The van der Waals surface area contributed by atoms with Crippen LogP contribution in [0.5, 0.6) is 11.5 Å². The highest BCUT2D eigenvalue weighted by atomic mass is 35.5. The lowest BCUT2D eigenvalue weighted by Crippen LogP contribution is -2.14. The van der Waals surface area contributed by atoms with Crippen molar-refractivity contribution in [2.24, 2.45) is 5.14 Å². The molecular formula is C16H14ClNO6S. The molecule has 1 aliphatic heterocycles. The predicted molar refractivity (Wildman–Crippen MR) is 89.2 cm³/mol. The van der Waals surface area contributed by atoms with E-state index in [9.17, 15) is 13.2 Å². The summed E-state index contributed by atoms with van der Waals surface area (Å²) in [6.45, 7) is 1.69. The van der Waals surface area contributed by atoms with Gasteiger partial charge >= 0.3 is 5.97 Å². The van der Waals surface area contributed by atoms with Crippen molar-refractivity contribution in [2.45, 2.75) is 18.4 Å². The Morgan fingerprint density at radius 3 is 2.76 bits per heavy atom. The molecule has 0 aromatic heterocycles. The molecule has 2 N–H and O–H groups in total. The third kappa shape index (κ3) is 3.71. The van der Waals surface area contributed by atoms with Crippen LogP contribution in [0.15, 0.2) is 35.2 Å². The van der Waals surface area contributed by atoms with E-state index < -0.39 is 16.0 Å². The highest BCUT2D eigenvalue weighted by Crippen LogP contribution is 2.39. The first-order valence-corrected chi connectivity index (χ1v) is 9.07. The van der Waals surface area contributed by atoms with Crippen molar-refractivity contribution >= 4 is 27.6 Å². The normalized spacial score (nSPS) is 12.9. The number of hydrogen-bond donors (Lipinski definition) is 1. The summed E-state index contributed by atoms with van der Waals surface area (Å²) < 4.78 is 38.6. The fraction of sp³-hybridized carbons (Fsp3) is 0.188. The molecule has 0 amide bonds. The van der Waals surface area contributed by atoms with Crippen LogP contribution in [-0.2, 0) is 21.4 Å². The molecule has 2 aromatic rings. The Bertz CT molecular complexity index is 957. The van der Waals surface area contributed by atoms with Gasteiger partial charge in [-0.2, -0.15) is 0 Å². The minimum atomic E-state index is -3.91. The maximum absolute atomic E-state index is 12.3. The fourth-order valence-electron chi connectivity index (χ4n) is 2.33. The second-order valence-electron chi connectivity index (χ2n) is 5.41. The first-order valence-electron chi connectivity index (χ1n) is 7.14. The molecular weight excluding hydrogens is 370 g/mol. The van der Waals surface area contributed by atoms with Crippen LogP contribution in [0.25, 0.3) is 0 Å². The Labute approximate surface area is 149 Å². The van der Waals surface area contributed by atoms with Gasteiger partial charge in [-0.05, 0) is 42.3 Å². The largest absolute Gasteiger partial charge is 0.457 e. The summed E-state index contributed by atoms with van der Waals surface area (Å²) in [5, 5.41) is 5.44. The molecule has 0 unspecified atom stereocenters. The lowest BCUT2D eigenvalue weighted by molar-refractivity contribution is 0.0471. The van der Waals surface area contributed by atoms with Crippen molar-refractivity contribution in [1.82, 2.24) is 0 Å². The minimum absolute atomic E-state index is 0.0613. The zero-order chi connectivity index (χ0) is 18.2. The van der Waals surface area contributed by atoms with Gasteiger partial charge in [0.15, 0.2) is 11.5 Å². The summed E-state index contributed by atoms with van der Waals surface area (Å²) >= 11 is 6.08. The average Bonchev–Trinajstić information content (AvgIpc) is 3.01. The average molecular weight is 384 g/mol. The SMILES string of the molecule is Cc1ccc(S(N)(=O)=O)cc1C(=O)OCc1cc(Cl)c2c(c1)OCO2. The molecule has 0 fully saturated rings. The van der Waals surface area contributed by atoms with E-state index in [1.807, 2.05) is 0 Å². The summed E-state index contributed by atoms with van der Waals surface area (Å²) in [6.07, 6.45) is 0. The van der Waals surface area contributed by atoms with Crippen LogP contribution in [0.3, 0.4) is 0 Å². The van der Waals surface area contributed by atoms with E-state index in [1.165, 1.54) is 18.2 Å². The minimum Gasteiger partial charge on any atom is -0.457 e. The lowest BCUT2D eigenvalue weighted by Gasteiger charge is -2.10. The number of fused-ring (bicyclic) bond motifs is 1. The monoisotopic (exact) mass is 383 g/mol. The quantitative estimate of drug-likeness (QED) is 0.812. The van der Waals surface area contributed by atoms with Gasteiger partial charge in [0.05, 0.1) is 15.5 Å². The van der Waals surface area contributed by atoms with E-state index in [-0.39, 0.29) is 23.9 Å². The van der Waals surface area contributed by atoms with Crippen LogP contribution >= 0.6 is 11.6 Å². The maximum Gasteiger partial charge on any atom is 0.338 e. The van der Waals surface area contributed by atoms with Crippen LogP contribution < -0.4 is 14.6 Å². The van der Waals surface area contributed by atoms with Gasteiger partial charge in [-0.3, -0.25) is 0 Å². The van der Waals surface area contributed by atoms with Gasteiger partial charge in [-0.25, -0.2) is 18.4 Å². The first-order chi connectivity index (χ1) is 11.8. The van der Waals surface area contributed by atoms with Crippen molar-refractivity contribution in [3.8, 4) is 11.5 Å². The molecule has 7 nitrogen and oxygen atoms in total. The second kappa shape index (κ2) is 6.55. The van der Waals surface area contributed by atoms with E-state index in [0.717, 1.165) is 0 Å². The van der Waals surface area contributed by atoms with Crippen LogP contribution in [0.2, 0.25) is 5.02 Å². The summed E-state index contributed by atoms with van der Waals surface area (Å²) in [7, 11) is -3.91. The Kier molecular flexibility index (Phi) is 4.59. The molecule has 1 aliphatic rings. The molecule has 0 spiro atoms. The van der Waals surface area contributed by atoms with Gasteiger partial charge in [0.2, 0.25) is 16.8 Å².